The van der Waals surface area contributed by atoms with Crippen LogP contribution in [0.1, 0.15) is 26.2 Å². The number of unbranched alkanes of at least 4 members (excludes halogenated alkanes) is 2. The van der Waals surface area contributed by atoms with Gasteiger partial charge in [0.15, 0.2) is 10.9 Å². The molecule has 0 unspecified atom stereocenters. The fourth-order valence-electron chi connectivity index (χ4n) is 1.24. The van der Waals surface area contributed by atoms with E-state index in [0.29, 0.717) is 17.4 Å². The Kier molecular flexibility index (Phi) is 5.96. The molecule has 0 amide bonds. The van der Waals surface area contributed by atoms with E-state index >= 15 is 0 Å². The Bertz CT molecular complexity index is 394. The Morgan fingerprint density at radius 1 is 1.59 bits per heavy atom. The molecule has 0 aliphatic carbocycles. The lowest BCUT2D eigenvalue weighted by molar-refractivity contribution is 0.503. The molecule has 2 N–H and O–H groups in total. The van der Waals surface area contributed by atoms with Crippen LogP contribution in [-0.4, -0.2) is 26.7 Å². The van der Waals surface area contributed by atoms with Gasteiger partial charge in [-0.15, -0.1) is 5.10 Å². The summed E-state index contributed by atoms with van der Waals surface area (Å²) < 4.78 is 0. The van der Waals surface area contributed by atoms with Gasteiger partial charge in [0.2, 0.25) is 0 Å². The average molecular weight is 252 g/mol. The lowest BCUT2D eigenvalue weighted by atomic mass is 10.2. The lowest BCUT2D eigenvalue weighted by Crippen LogP contribution is -2.28. The second kappa shape index (κ2) is 7.57. The zero-order chi connectivity index (χ0) is 12.5. The van der Waals surface area contributed by atoms with Crippen molar-refractivity contribution < 1.29 is 0 Å². The first-order valence-electron chi connectivity index (χ1n) is 5.58. The molecule has 1 rings (SSSR count). The van der Waals surface area contributed by atoms with Crippen LogP contribution in [0, 0.1) is 11.3 Å². The second-order valence-electron chi connectivity index (χ2n) is 3.43. The van der Waals surface area contributed by atoms with E-state index < -0.39 is 0 Å². The maximum Gasteiger partial charge on any atom is 0.174 e. The fourth-order valence-corrected chi connectivity index (χ4v) is 1.49. The van der Waals surface area contributed by atoms with Crippen molar-refractivity contribution in [1.29, 1.82) is 5.26 Å². The first-order chi connectivity index (χ1) is 8.26. The van der Waals surface area contributed by atoms with Gasteiger partial charge in [-0.2, -0.15) is 15.2 Å². The number of nitrogens with one attached hydrogen (secondary N) is 2. The van der Waals surface area contributed by atoms with Crippen molar-refractivity contribution in [2.45, 2.75) is 32.7 Å². The van der Waals surface area contributed by atoms with Crippen molar-refractivity contribution >= 4 is 23.1 Å². The number of hydrogen-bond donors (Lipinski definition) is 2. The smallest absolute Gasteiger partial charge is 0.174 e. The maximum atomic E-state index is 8.40. The van der Waals surface area contributed by atoms with Gasteiger partial charge >= 0.3 is 0 Å². The number of rotatable bonds is 6. The van der Waals surface area contributed by atoms with E-state index in [2.05, 4.69) is 26.9 Å². The molecular weight excluding hydrogens is 236 g/mol. The summed E-state index contributed by atoms with van der Waals surface area (Å²) >= 11 is 5.03. The molecule has 7 heteroatoms. The normalized spacial score (nSPS) is 9.65. The number of thiocarbonyl (C=S) groups is 1. The molecule has 1 aromatic rings. The zero-order valence-electron chi connectivity index (χ0n) is 9.81. The SMILES string of the molecule is CCNC(=S)Nc1cnn(CCCCC#N)n1. The Labute approximate surface area is 106 Å². The highest BCUT2D eigenvalue weighted by Crippen LogP contribution is 2.01. The number of anilines is 1. The summed E-state index contributed by atoms with van der Waals surface area (Å²) in [6.07, 6.45) is 3.99. The van der Waals surface area contributed by atoms with Gasteiger partial charge in [0.25, 0.3) is 0 Å². The van der Waals surface area contributed by atoms with Gasteiger partial charge in [-0.25, -0.2) is 0 Å². The summed E-state index contributed by atoms with van der Waals surface area (Å²) in [5, 5.41) is 23.2. The number of nitrogens with zero attached hydrogens (tertiary/aromatic N) is 4. The number of hydrogen-bond acceptors (Lipinski definition) is 4. The summed E-state index contributed by atoms with van der Waals surface area (Å²) in [7, 11) is 0. The minimum absolute atomic E-state index is 0.545. The van der Waals surface area contributed by atoms with Crippen LogP contribution in [0.5, 0.6) is 0 Å². The van der Waals surface area contributed by atoms with Crippen molar-refractivity contribution in [1.82, 2.24) is 20.3 Å². The number of aryl methyl sites for hydroxylation is 1. The predicted molar refractivity (Wildman–Crippen MR) is 69.4 cm³/mol. The minimum atomic E-state index is 0.545. The monoisotopic (exact) mass is 252 g/mol. The second-order valence-corrected chi connectivity index (χ2v) is 3.83. The third-order valence-electron chi connectivity index (χ3n) is 2.01. The van der Waals surface area contributed by atoms with E-state index in [-0.39, 0.29) is 0 Å². The standard InChI is InChI=1S/C10H16N6S/c1-2-12-10(17)14-9-8-13-16(15-9)7-5-3-4-6-11/h8H,2-5,7H2,1H3,(H2,12,14,15,17). The third kappa shape index (κ3) is 5.26. The van der Waals surface area contributed by atoms with E-state index in [1.54, 1.807) is 11.0 Å². The highest BCUT2D eigenvalue weighted by molar-refractivity contribution is 7.80. The molecule has 0 spiro atoms. The molecule has 0 saturated heterocycles. The van der Waals surface area contributed by atoms with Crippen LogP contribution >= 0.6 is 12.2 Å². The molecule has 1 aromatic heterocycles. The fraction of sp³-hybridized carbons (Fsp3) is 0.600. The molecule has 0 atom stereocenters. The molecule has 0 aromatic carbocycles. The predicted octanol–water partition coefficient (Wildman–Crippen LogP) is 1.28. The molecule has 17 heavy (non-hydrogen) atoms. The van der Waals surface area contributed by atoms with Crippen molar-refractivity contribution in [2.24, 2.45) is 0 Å². The van der Waals surface area contributed by atoms with E-state index in [1.165, 1.54) is 0 Å². The van der Waals surface area contributed by atoms with Crippen LogP contribution in [0.4, 0.5) is 5.82 Å². The van der Waals surface area contributed by atoms with E-state index in [0.717, 1.165) is 25.9 Å². The summed E-state index contributed by atoms with van der Waals surface area (Å²) in [5.74, 6) is 0.635. The molecule has 0 bridgehead atoms. The molecule has 0 aliphatic rings. The zero-order valence-corrected chi connectivity index (χ0v) is 10.6. The summed E-state index contributed by atoms with van der Waals surface area (Å²) in [4.78, 5) is 1.61. The van der Waals surface area contributed by atoms with Crippen molar-refractivity contribution in [3.63, 3.8) is 0 Å². The van der Waals surface area contributed by atoms with Crippen molar-refractivity contribution in [2.75, 3.05) is 11.9 Å². The molecule has 6 nitrogen and oxygen atoms in total. The van der Waals surface area contributed by atoms with Gasteiger partial charge in [-0.05, 0) is 32.0 Å². The number of aromatic nitrogens is 3. The van der Waals surface area contributed by atoms with Gasteiger partial charge < -0.3 is 10.6 Å². The molecule has 0 radical (unpaired) electrons. The maximum absolute atomic E-state index is 8.40. The van der Waals surface area contributed by atoms with Crippen molar-refractivity contribution in [3.05, 3.63) is 6.20 Å². The molecule has 0 aliphatic heterocycles. The molecule has 0 fully saturated rings. The average Bonchev–Trinajstić information content (AvgIpc) is 2.72. The van der Waals surface area contributed by atoms with Crippen LogP contribution < -0.4 is 10.6 Å². The van der Waals surface area contributed by atoms with Crippen LogP contribution in [0.3, 0.4) is 0 Å². The van der Waals surface area contributed by atoms with E-state index in [1.807, 2.05) is 6.92 Å². The van der Waals surface area contributed by atoms with Crippen LogP contribution in [0.2, 0.25) is 0 Å². The van der Waals surface area contributed by atoms with E-state index in [4.69, 9.17) is 17.5 Å². The van der Waals surface area contributed by atoms with Crippen LogP contribution in [0.15, 0.2) is 6.20 Å². The van der Waals surface area contributed by atoms with Gasteiger partial charge in [-0.3, -0.25) is 0 Å². The van der Waals surface area contributed by atoms with Gasteiger partial charge in [0.1, 0.15) is 0 Å². The third-order valence-corrected chi connectivity index (χ3v) is 2.26. The Hall–Kier alpha value is -1.68. The van der Waals surface area contributed by atoms with Gasteiger partial charge in [0.05, 0.1) is 18.8 Å². The highest BCUT2D eigenvalue weighted by atomic mass is 32.1. The molecule has 92 valence electrons. The minimum Gasteiger partial charge on any atom is -0.363 e. The highest BCUT2D eigenvalue weighted by Gasteiger charge is 2.01. The van der Waals surface area contributed by atoms with E-state index in [9.17, 15) is 0 Å². The summed E-state index contributed by atoms with van der Waals surface area (Å²) in [5.41, 5.74) is 0. The van der Waals surface area contributed by atoms with Crippen molar-refractivity contribution in [3.8, 4) is 6.07 Å². The quantitative estimate of drug-likeness (QED) is 0.586. The number of nitriles is 1. The van der Waals surface area contributed by atoms with Gasteiger partial charge in [0, 0.05) is 13.0 Å². The topological polar surface area (TPSA) is 78.6 Å². The first kappa shape index (κ1) is 13.4. The molecule has 0 saturated carbocycles. The largest absolute Gasteiger partial charge is 0.363 e. The van der Waals surface area contributed by atoms with Crippen LogP contribution in [0.25, 0.3) is 0 Å². The van der Waals surface area contributed by atoms with Crippen LogP contribution in [-0.2, 0) is 6.54 Å². The Morgan fingerprint density at radius 3 is 3.12 bits per heavy atom. The molecular formula is C10H16N6S. The summed E-state index contributed by atoms with van der Waals surface area (Å²) in [6, 6.07) is 2.11. The van der Waals surface area contributed by atoms with Gasteiger partial charge in [-0.1, -0.05) is 0 Å². The molecule has 1 heterocycles. The Balaban J connectivity index is 2.32. The Morgan fingerprint density at radius 2 is 2.41 bits per heavy atom. The lowest BCUT2D eigenvalue weighted by Gasteiger charge is -2.04. The summed E-state index contributed by atoms with van der Waals surface area (Å²) in [6.45, 7) is 3.46. The first-order valence-corrected chi connectivity index (χ1v) is 5.99.